The fourth-order valence-corrected chi connectivity index (χ4v) is 4.80. The van der Waals surface area contributed by atoms with Gasteiger partial charge in [-0.25, -0.2) is 8.42 Å². The molecule has 34 heavy (non-hydrogen) atoms. The fraction of sp³-hybridized carbons (Fsp3) is 0.231. The van der Waals surface area contributed by atoms with Crippen molar-refractivity contribution in [3.8, 4) is 0 Å². The highest BCUT2D eigenvalue weighted by Gasteiger charge is 2.29. The van der Waals surface area contributed by atoms with Gasteiger partial charge in [0.05, 0.1) is 29.2 Å². The number of rotatable bonds is 8. The number of nitrogens with zero attached hydrogens (tertiary/aromatic N) is 1. The van der Waals surface area contributed by atoms with Gasteiger partial charge in [0.25, 0.3) is 5.91 Å². The lowest BCUT2D eigenvalue weighted by Gasteiger charge is -2.28. The summed E-state index contributed by atoms with van der Waals surface area (Å²) < 4.78 is 26.1. The van der Waals surface area contributed by atoms with Crippen molar-refractivity contribution in [3.63, 3.8) is 0 Å². The number of amides is 2. The van der Waals surface area contributed by atoms with Gasteiger partial charge in [0.1, 0.15) is 6.04 Å². The SMILES string of the molecule is Cc1ccc(N([C@H](C)C(=O)Nc2ccccc2C(=O)N[C@H](C)c2ccccc2)S(C)(=O)=O)cc1. The second kappa shape index (κ2) is 10.5. The highest BCUT2D eigenvalue weighted by molar-refractivity contribution is 7.92. The van der Waals surface area contributed by atoms with Crippen LogP contribution in [0.2, 0.25) is 0 Å². The van der Waals surface area contributed by atoms with Crippen molar-refractivity contribution in [1.29, 1.82) is 0 Å². The zero-order valence-electron chi connectivity index (χ0n) is 19.6. The molecule has 0 unspecified atom stereocenters. The van der Waals surface area contributed by atoms with Gasteiger partial charge >= 0.3 is 0 Å². The van der Waals surface area contributed by atoms with Crippen LogP contribution in [0.3, 0.4) is 0 Å². The topological polar surface area (TPSA) is 95.6 Å². The monoisotopic (exact) mass is 479 g/mol. The van der Waals surface area contributed by atoms with E-state index in [1.54, 1.807) is 48.5 Å². The third kappa shape index (κ3) is 6.02. The molecule has 3 aromatic carbocycles. The molecule has 0 aliphatic carbocycles. The van der Waals surface area contributed by atoms with E-state index in [9.17, 15) is 18.0 Å². The first-order valence-corrected chi connectivity index (χ1v) is 12.7. The smallest absolute Gasteiger partial charge is 0.253 e. The predicted molar refractivity (Wildman–Crippen MR) is 135 cm³/mol. The molecule has 3 rings (SSSR count). The van der Waals surface area contributed by atoms with E-state index in [0.717, 1.165) is 21.7 Å². The summed E-state index contributed by atoms with van der Waals surface area (Å²) >= 11 is 0. The Bertz CT molecular complexity index is 1260. The average Bonchev–Trinajstić information content (AvgIpc) is 2.80. The molecule has 0 fully saturated rings. The lowest BCUT2D eigenvalue weighted by atomic mass is 10.1. The number of sulfonamides is 1. The normalized spacial score (nSPS) is 12.9. The van der Waals surface area contributed by atoms with Crippen LogP contribution in [0.4, 0.5) is 11.4 Å². The second-order valence-electron chi connectivity index (χ2n) is 8.21. The Balaban J connectivity index is 1.81. The lowest BCUT2D eigenvalue weighted by molar-refractivity contribution is -0.116. The quantitative estimate of drug-likeness (QED) is 0.504. The van der Waals surface area contributed by atoms with Gasteiger partial charge in [-0.15, -0.1) is 0 Å². The van der Waals surface area contributed by atoms with E-state index in [1.165, 1.54) is 6.92 Å². The molecule has 7 nitrogen and oxygen atoms in total. The van der Waals surface area contributed by atoms with E-state index in [-0.39, 0.29) is 17.5 Å². The number of benzene rings is 3. The summed E-state index contributed by atoms with van der Waals surface area (Å²) in [4.78, 5) is 26.1. The van der Waals surface area contributed by atoms with Crippen molar-refractivity contribution in [2.75, 3.05) is 15.9 Å². The maximum Gasteiger partial charge on any atom is 0.253 e. The summed E-state index contributed by atoms with van der Waals surface area (Å²) in [6.45, 7) is 5.28. The molecule has 0 aromatic heterocycles. The largest absolute Gasteiger partial charge is 0.345 e. The molecular weight excluding hydrogens is 450 g/mol. The Kier molecular flexibility index (Phi) is 7.73. The number of carbonyl (C=O) groups excluding carboxylic acids is 2. The second-order valence-corrected chi connectivity index (χ2v) is 10.1. The maximum absolute atomic E-state index is 13.1. The third-order valence-corrected chi connectivity index (χ3v) is 6.70. The summed E-state index contributed by atoms with van der Waals surface area (Å²) in [7, 11) is -3.75. The molecule has 2 amide bonds. The molecule has 3 aromatic rings. The van der Waals surface area contributed by atoms with Crippen molar-refractivity contribution in [1.82, 2.24) is 5.32 Å². The molecule has 2 atom stereocenters. The number of hydrogen-bond acceptors (Lipinski definition) is 4. The van der Waals surface area contributed by atoms with Gasteiger partial charge in [-0.3, -0.25) is 13.9 Å². The number of aryl methyl sites for hydroxylation is 1. The van der Waals surface area contributed by atoms with Crippen molar-refractivity contribution in [2.45, 2.75) is 32.9 Å². The molecular formula is C26H29N3O4S. The minimum atomic E-state index is -3.75. The van der Waals surface area contributed by atoms with Crippen LogP contribution in [0, 0.1) is 6.92 Å². The molecule has 0 saturated heterocycles. The van der Waals surface area contributed by atoms with Crippen LogP contribution in [0.25, 0.3) is 0 Å². The van der Waals surface area contributed by atoms with E-state index in [0.29, 0.717) is 11.4 Å². The Morgan fingerprint density at radius 1 is 0.853 bits per heavy atom. The van der Waals surface area contributed by atoms with Crippen LogP contribution in [-0.2, 0) is 14.8 Å². The van der Waals surface area contributed by atoms with Crippen molar-refractivity contribution in [2.24, 2.45) is 0 Å². The van der Waals surface area contributed by atoms with Crippen molar-refractivity contribution >= 4 is 33.2 Å². The molecule has 0 aliphatic heterocycles. The van der Waals surface area contributed by atoms with Gasteiger partial charge in [0.15, 0.2) is 0 Å². The third-order valence-electron chi connectivity index (χ3n) is 5.45. The van der Waals surface area contributed by atoms with E-state index in [4.69, 9.17) is 0 Å². The predicted octanol–water partition coefficient (Wildman–Crippen LogP) is 4.28. The standard InChI is InChI=1S/C26H29N3O4S/c1-18-14-16-22(17-15-18)29(34(4,32)33)20(3)25(30)28-24-13-9-8-12-23(24)26(31)27-19(2)21-10-6-5-7-11-21/h5-17,19-20H,1-4H3,(H,27,31)(H,28,30)/t19-,20-/m1/s1. The molecule has 0 spiro atoms. The number of carbonyl (C=O) groups is 2. The van der Waals surface area contributed by atoms with Gasteiger partial charge in [-0.2, -0.15) is 0 Å². The van der Waals surface area contributed by atoms with Crippen LogP contribution in [0.15, 0.2) is 78.9 Å². The van der Waals surface area contributed by atoms with Gasteiger partial charge in [-0.05, 0) is 50.6 Å². The van der Waals surface area contributed by atoms with Gasteiger partial charge in [0.2, 0.25) is 15.9 Å². The summed E-state index contributed by atoms with van der Waals surface area (Å²) in [6.07, 6.45) is 1.06. The molecule has 178 valence electrons. The van der Waals surface area contributed by atoms with Crippen molar-refractivity contribution < 1.29 is 18.0 Å². The Labute approximate surface area is 200 Å². The van der Waals surface area contributed by atoms with Crippen LogP contribution in [0.1, 0.15) is 41.4 Å². The molecule has 0 heterocycles. The first kappa shape index (κ1) is 25.0. The van der Waals surface area contributed by atoms with Gasteiger partial charge in [0, 0.05) is 0 Å². The number of anilines is 2. The molecule has 0 bridgehead atoms. The molecule has 0 aliphatic rings. The zero-order chi connectivity index (χ0) is 24.9. The first-order valence-electron chi connectivity index (χ1n) is 10.9. The fourth-order valence-electron chi connectivity index (χ4n) is 3.63. The lowest BCUT2D eigenvalue weighted by Crippen LogP contribution is -2.45. The minimum Gasteiger partial charge on any atom is -0.345 e. The minimum absolute atomic E-state index is 0.237. The highest BCUT2D eigenvalue weighted by atomic mass is 32.2. The molecule has 0 radical (unpaired) electrons. The Hall–Kier alpha value is -3.65. The summed E-state index contributed by atoms with van der Waals surface area (Å²) in [5.41, 5.74) is 2.90. The van der Waals surface area contributed by atoms with Crippen LogP contribution >= 0.6 is 0 Å². The van der Waals surface area contributed by atoms with E-state index in [2.05, 4.69) is 10.6 Å². The number of nitrogens with one attached hydrogen (secondary N) is 2. The summed E-state index contributed by atoms with van der Waals surface area (Å²) in [5, 5.41) is 5.67. The van der Waals surface area contributed by atoms with Crippen LogP contribution in [-0.4, -0.2) is 32.5 Å². The van der Waals surface area contributed by atoms with Crippen LogP contribution in [0.5, 0.6) is 0 Å². The first-order chi connectivity index (χ1) is 16.1. The van der Waals surface area contributed by atoms with Crippen LogP contribution < -0.4 is 14.9 Å². The maximum atomic E-state index is 13.1. The molecule has 8 heteroatoms. The summed E-state index contributed by atoms with van der Waals surface area (Å²) in [5.74, 6) is -0.902. The summed E-state index contributed by atoms with van der Waals surface area (Å²) in [6, 6.07) is 21.8. The van der Waals surface area contributed by atoms with Crippen molar-refractivity contribution in [3.05, 3.63) is 95.6 Å². The van der Waals surface area contributed by atoms with E-state index >= 15 is 0 Å². The number of hydrogen-bond donors (Lipinski definition) is 2. The van der Waals surface area contributed by atoms with Gasteiger partial charge in [-0.1, -0.05) is 60.2 Å². The Morgan fingerprint density at radius 3 is 2.06 bits per heavy atom. The highest BCUT2D eigenvalue weighted by Crippen LogP contribution is 2.23. The number of para-hydroxylation sites is 1. The molecule has 2 N–H and O–H groups in total. The van der Waals surface area contributed by atoms with Gasteiger partial charge < -0.3 is 10.6 Å². The Morgan fingerprint density at radius 2 is 1.44 bits per heavy atom. The average molecular weight is 480 g/mol. The zero-order valence-corrected chi connectivity index (χ0v) is 20.5. The van der Waals surface area contributed by atoms with E-state index < -0.39 is 22.0 Å². The molecule has 0 saturated carbocycles. The van der Waals surface area contributed by atoms with E-state index in [1.807, 2.05) is 44.2 Å².